The van der Waals surface area contributed by atoms with Crippen LogP contribution in [0.2, 0.25) is 5.02 Å². The number of anilines is 1. The molecule has 1 aromatic carbocycles. The number of amides is 1. The molecule has 0 saturated heterocycles. The first-order valence-electron chi connectivity index (χ1n) is 7.23. The summed E-state index contributed by atoms with van der Waals surface area (Å²) in [5, 5.41) is 33.5. The molecule has 1 aromatic rings. The number of ether oxygens (including phenoxy) is 1. The molecule has 1 atom stereocenters. The van der Waals surface area contributed by atoms with Crippen LogP contribution in [0, 0.1) is 10.1 Å². The Balaban J connectivity index is 2.61. The maximum absolute atomic E-state index is 12.0. The Morgan fingerprint density at radius 2 is 2.08 bits per heavy atom. The lowest BCUT2D eigenvalue weighted by Crippen LogP contribution is -2.41. The Bertz CT molecular complexity index is 626. The summed E-state index contributed by atoms with van der Waals surface area (Å²) >= 11 is 5.87. The summed E-state index contributed by atoms with van der Waals surface area (Å²) in [6, 6.07) is 2.37. The number of hydrogen-bond acceptors (Lipinski definition) is 7. The first-order valence-corrected chi connectivity index (χ1v) is 7.61. The minimum Gasteiger partial charge on any atom is -0.480 e. The smallest absolute Gasteiger partial charge is 0.321 e. The number of nitro benzene ring substituents is 1. The molecule has 25 heavy (non-hydrogen) atoms. The fourth-order valence-corrected chi connectivity index (χ4v) is 1.99. The molecule has 0 unspecified atom stereocenters. The number of nitro groups is 1. The first-order chi connectivity index (χ1) is 11.8. The number of benzene rings is 1. The second-order valence-corrected chi connectivity index (χ2v) is 5.26. The predicted molar refractivity (Wildman–Crippen MR) is 88.7 cm³/mol. The third-order valence-electron chi connectivity index (χ3n) is 3.00. The molecule has 1 amide bonds. The number of carbonyl (C=O) groups is 2. The number of non-ortho nitro benzene ring substituents is 1. The van der Waals surface area contributed by atoms with Crippen molar-refractivity contribution in [2.45, 2.75) is 12.5 Å². The van der Waals surface area contributed by atoms with Gasteiger partial charge in [-0.15, -0.1) is 0 Å². The minimum atomic E-state index is -1.23. The normalized spacial score (nSPS) is 11.8. The fraction of sp³-hybridized carbons (Fsp3) is 0.429. The van der Waals surface area contributed by atoms with Gasteiger partial charge in [-0.05, 0) is 6.07 Å². The number of aliphatic hydroxyl groups excluding tert-OH is 1. The highest BCUT2D eigenvalue weighted by Gasteiger charge is 2.21. The number of carboxylic acids is 1. The van der Waals surface area contributed by atoms with Crippen molar-refractivity contribution in [3.8, 4) is 0 Å². The summed E-state index contributed by atoms with van der Waals surface area (Å²) in [5.74, 6) is -1.90. The van der Waals surface area contributed by atoms with Gasteiger partial charge in [0.1, 0.15) is 6.04 Å². The third-order valence-corrected chi connectivity index (χ3v) is 3.32. The molecular weight excluding hydrogens is 358 g/mol. The Morgan fingerprint density at radius 3 is 2.68 bits per heavy atom. The van der Waals surface area contributed by atoms with Crippen molar-refractivity contribution in [1.82, 2.24) is 5.32 Å². The van der Waals surface area contributed by atoms with Crippen LogP contribution in [0.25, 0.3) is 0 Å². The van der Waals surface area contributed by atoms with Crippen LogP contribution in [-0.4, -0.2) is 59.4 Å². The Kier molecular flexibility index (Phi) is 8.78. The van der Waals surface area contributed by atoms with Crippen molar-refractivity contribution in [3.63, 3.8) is 0 Å². The maximum atomic E-state index is 12.0. The average molecular weight is 376 g/mol. The third kappa shape index (κ3) is 7.44. The van der Waals surface area contributed by atoms with Gasteiger partial charge in [0.15, 0.2) is 0 Å². The van der Waals surface area contributed by atoms with Gasteiger partial charge < -0.3 is 25.6 Å². The number of halogens is 1. The van der Waals surface area contributed by atoms with E-state index in [1.165, 1.54) is 12.1 Å². The summed E-state index contributed by atoms with van der Waals surface area (Å²) in [7, 11) is 0. The maximum Gasteiger partial charge on any atom is 0.321 e. The number of nitrogens with zero attached hydrogens (tertiary/aromatic N) is 1. The van der Waals surface area contributed by atoms with E-state index in [9.17, 15) is 19.7 Å². The largest absolute Gasteiger partial charge is 0.480 e. The van der Waals surface area contributed by atoms with Gasteiger partial charge in [0.05, 0.1) is 41.9 Å². The molecule has 4 N–H and O–H groups in total. The Hall–Kier alpha value is -2.27. The van der Waals surface area contributed by atoms with Gasteiger partial charge in [-0.3, -0.25) is 19.7 Å². The monoisotopic (exact) mass is 375 g/mol. The lowest BCUT2D eigenvalue weighted by atomic mass is 10.2. The zero-order chi connectivity index (χ0) is 18.8. The Labute approximate surface area is 147 Å². The van der Waals surface area contributed by atoms with E-state index in [1.807, 2.05) is 0 Å². The number of rotatable bonds is 11. The van der Waals surface area contributed by atoms with E-state index >= 15 is 0 Å². The van der Waals surface area contributed by atoms with E-state index < -0.39 is 29.3 Å². The lowest BCUT2D eigenvalue weighted by molar-refractivity contribution is -0.384. The number of hydrogen-bond donors (Lipinski definition) is 4. The second-order valence-electron chi connectivity index (χ2n) is 4.85. The molecule has 0 saturated carbocycles. The average Bonchev–Trinajstić information content (AvgIpc) is 2.55. The van der Waals surface area contributed by atoms with Crippen molar-refractivity contribution < 1.29 is 29.5 Å². The van der Waals surface area contributed by atoms with Gasteiger partial charge in [0.25, 0.3) is 5.69 Å². The van der Waals surface area contributed by atoms with Crippen LogP contribution in [0.3, 0.4) is 0 Å². The SMILES string of the molecule is O=C(C[C@@H](NCCOCCO)C(=O)O)Nc1cc([N+](=O)[O-])ccc1Cl. The topological polar surface area (TPSA) is 151 Å². The van der Waals surface area contributed by atoms with Crippen molar-refractivity contribution in [2.24, 2.45) is 0 Å². The second kappa shape index (κ2) is 10.6. The highest BCUT2D eigenvalue weighted by Crippen LogP contribution is 2.26. The first kappa shape index (κ1) is 20.8. The van der Waals surface area contributed by atoms with Crippen molar-refractivity contribution in [2.75, 3.05) is 31.7 Å². The molecule has 138 valence electrons. The van der Waals surface area contributed by atoms with Crippen LogP contribution in [0.4, 0.5) is 11.4 Å². The fourth-order valence-electron chi connectivity index (χ4n) is 1.83. The van der Waals surface area contributed by atoms with Crippen LogP contribution in [0.5, 0.6) is 0 Å². The standard InChI is InChI=1S/C14H18ClN3O7/c15-10-2-1-9(18(23)24)7-11(10)17-13(20)8-12(14(21)22)16-3-5-25-6-4-19/h1-2,7,12,16,19H,3-6,8H2,(H,17,20)(H,21,22)/t12-/m1/s1. The van der Waals surface area contributed by atoms with Crippen LogP contribution < -0.4 is 10.6 Å². The highest BCUT2D eigenvalue weighted by atomic mass is 35.5. The summed E-state index contributed by atoms with van der Waals surface area (Å²) in [4.78, 5) is 33.3. The summed E-state index contributed by atoms with van der Waals surface area (Å²) in [5.41, 5.74) is -0.232. The van der Waals surface area contributed by atoms with Crippen LogP contribution >= 0.6 is 11.6 Å². The number of carboxylic acid groups (broad SMARTS) is 1. The van der Waals surface area contributed by atoms with Gasteiger partial charge >= 0.3 is 5.97 Å². The molecule has 0 heterocycles. The van der Waals surface area contributed by atoms with Gasteiger partial charge in [-0.1, -0.05) is 11.6 Å². The molecule has 0 aromatic heterocycles. The van der Waals surface area contributed by atoms with Gasteiger partial charge in [-0.25, -0.2) is 0 Å². The van der Waals surface area contributed by atoms with Crippen molar-refractivity contribution >= 4 is 34.9 Å². The molecule has 0 radical (unpaired) electrons. The molecular formula is C14H18ClN3O7. The quantitative estimate of drug-likeness (QED) is 0.250. The zero-order valence-corrected chi connectivity index (χ0v) is 13.9. The summed E-state index contributed by atoms with van der Waals surface area (Å²) in [6.45, 7) is 0.324. The van der Waals surface area contributed by atoms with Crippen LogP contribution in [-0.2, 0) is 14.3 Å². The molecule has 0 aliphatic carbocycles. The van der Waals surface area contributed by atoms with Gasteiger partial charge in [-0.2, -0.15) is 0 Å². The predicted octanol–water partition coefficient (Wildman–Crippen LogP) is 0.629. The van der Waals surface area contributed by atoms with E-state index in [4.69, 9.17) is 26.6 Å². The molecule has 0 fully saturated rings. The van der Waals surface area contributed by atoms with Crippen molar-refractivity contribution in [3.05, 3.63) is 33.3 Å². The van der Waals surface area contributed by atoms with E-state index in [-0.39, 0.29) is 42.8 Å². The summed E-state index contributed by atoms with van der Waals surface area (Å²) < 4.78 is 4.98. The number of aliphatic carboxylic acids is 1. The van der Waals surface area contributed by atoms with Gasteiger partial charge in [0.2, 0.25) is 5.91 Å². The molecule has 11 heteroatoms. The zero-order valence-electron chi connectivity index (χ0n) is 13.1. The van der Waals surface area contributed by atoms with Crippen molar-refractivity contribution in [1.29, 1.82) is 0 Å². The molecule has 0 bridgehead atoms. The van der Waals surface area contributed by atoms with Gasteiger partial charge in [0, 0.05) is 18.7 Å². The minimum absolute atomic E-state index is 0.0243. The number of aliphatic hydroxyl groups is 1. The molecule has 0 spiro atoms. The number of carbonyl (C=O) groups excluding carboxylic acids is 1. The van der Waals surface area contributed by atoms with Crippen LogP contribution in [0.15, 0.2) is 18.2 Å². The Morgan fingerprint density at radius 1 is 1.36 bits per heavy atom. The number of nitrogens with one attached hydrogen (secondary N) is 2. The van der Waals surface area contributed by atoms with E-state index in [1.54, 1.807) is 0 Å². The van der Waals surface area contributed by atoms with E-state index in [2.05, 4.69) is 10.6 Å². The molecule has 0 aliphatic rings. The molecule has 10 nitrogen and oxygen atoms in total. The highest BCUT2D eigenvalue weighted by molar-refractivity contribution is 6.33. The lowest BCUT2D eigenvalue weighted by Gasteiger charge is -2.14. The van der Waals surface area contributed by atoms with E-state index in [0.717, 1.165) is 6.07 Å². The molecule has 0 aliphatic heterocycles. The van der Waals surface area contributed by atoms with E-state index in [0.29, 0.717) is 0 Å². The summed E-state index contributed by atoms with van der Waals surface area (Å²) in [6.07, 6.45) is -0.408. The molecule has 1 rings (SSSR count). The van der Waals surface area contributed by atoms with Crippen LogP contribution in [0.1, 0.15) is 6.42 Å².